The molecule has 2 heterocycles. The quantitative estimate of drug-likeness (QED) is 0.658. The summed E-state index contributed by atoms with van der Waals surface area (Å²) in [5.74, 6) is 0. The molecule has 0 saturated carbocycles. The molecule has 0 radical (unpaired) electrons. The summed E-state index contributed by atoms with van der Waals surface area (Å²) in [6.45, 7) is 0. The maximum absolute atomic E-state index is 11.6. The summed E-state index contributed by atoms with van der Waals surface area (Å²) in [5.41, 5.74) is 0.854. The van der Waals surface area contributed by atoms with Crippen molar-refractivity contribution >= 4 is 11.0 Å². The molecule has 16 heavy (non-hydrogen) atoms. The number of nitrogens with one attached hydrogen (secondary N) is 1. The van der Waals surface area contributed by atoms with Gasteiger partial charge in [0.25, 0.3) is 5.56 Å². The molecule has 0 aliphatic rings. The molecule has 0 atom stereocenters. The SMILES string of the molecule is [2H]c1nc2c(cnn2-c2ccccc2)c(=O)[nH]1. The number of aromatic nitrogens is 4. The van der Waals surface area contributed by atoms with Crippen molar-refractivity contribution in [1.29, 1.82) is 0 Å². The van der Waals surface area contributed by atoms with Crippen LogP contribution in [-0.4, -0.2) is 19.7 Å². The topological polar surface area (TPSA) is 63.6 Å². The number of nitrogens with zero attached hydrogens (tertiary/aromatic N) is 3. The summed E-state index contributed by atoms with van der Waals surface area (Å²) < 4.78 is 8.95. The van der Waals surface area contributed by atoms with E-state index < -0.39 is 0 Å². The van der Waals surface area contributed by atoms with Gasteiger partial charge in [0, 0.05) is 0 Å². The highest BCUT2D eigenvalue weighted by molar-refractivity contribution is 5.74. The summed E-state index contributed by atoms with van der Waals surface area (Å²) >= 11 is 0. The normalized spacial score (nSPS) is 11.6. The number of hydrogen-bond donors (Lipinski definition) is 1. The Balaban J connectivity index is 2.36. The second-order valence-corrected chi connectivity index (χ2v) is 3.31. The van der Waals surface area contributed by atoms with Crippen LogP contribution in [0.1, 0.15) is 1.37 Å². The molecule has 0 fully saturated rings. The minimum Gasteiger partial charge on any atom is -0.312 e. The lowest BCUT2D eigenvalue weighted by Gasteiger charge is -2.00. The van der Waals surface area contributed by atoms with Gasteiger partial charge < -0.3 is 4.98 Å². The summed E-state index contributed by atoms with van der Waals surface area (Å²) in [6.07, 6.45) is 1.29. The van der Waals surface area contributed by atoms with Gasteiger partial charge in [-0.2, -0.15) is 5.10 Å². The molecule has 3 aromatic rings. The van der Waals surface area contributed by atoms with Crippen LogP contribution in [0.3, 0.4) is 0 Å². The van der Waals surface area contributed by atoms with Gasteiger partial charge in [-0.25, -0.2) is 9.67 Å². The number of benzene rings is 1. The average Bonchev–Trinajstić information content (AvgIpc) is 2.74. The first-order valence-corrected chi connectivity index (χ1v) is 4.76. The lowest BCUT2D eigenvalue weighted by Crippen LogP contribution is -2.06. The van der Waals surface area contributed by atoms with E-state index in [0.29, 0.717) is 11.0 Å². The van der Waals surface area contributed by atoms with Crippen LogP contribution in [0.15, 0.2) is 47.6 Å². The van der Waals surface area contributed by atoms with Crippen LogP contribution in [0.4, 0.5) is 0 Å². The Morgan fingerprint density at radius 3 is 2.94 bits per heavy atom. The van der Waals surface area contributed by atoms with E-state index in [1.807, 2.05) is 30.3 Å². The molecule has 0 amide bonds. The minimum atomic E-state index is -0.345. The monoisotopic (exact) mass is 213 g/mol. The van der Waals surface area contributed by atoms with E-state index in [2.05, 4.69) is 15.1 Å². The van der Waals surface area contributed by atoms with Gasteiger partial charge in [0.2, 0.25) is 0 Å². The van der Waals surface area contributed by atoms with Gasteiger partial charge in [-0.05, 0) is 12.1 Å². The molecule has 0 spiro atoms. The number of fused-ring (bicyclic) bond motifs is 1. The Morgan fingerprint density at radius 2 is 2.12 bits per heavy atom. The number of rotatable bonds is 1. The third-order valence-corrected chi connectivity index (χ3v) is 2.32. The Bertz CT molecular complexity index is 732. The van der Waals surface area contributed by atoms with Crippen molar-refractivity contribution in [3.63, 3.8) is 0 Å². The standard InChI is InChI=1S/C11H8N4O/c16-11-9-6-14-15(10(9)12-7-13-11)8-4-2-1-3-5-8/h1-7H,(H,12,13,16)/i7D. The van der Waals surface area contributed by atoms with E-state index in [1.54, 1.807) is 4.68 Å². The first-order chi connectivity index (χ1) is 8.25. The zero-order valence-corrected chi connectivity index (χ0v) is 8.21. The zero-order valence-electron chi connectivity index (χ0n) is 9.21. The fourth-order valence-corrected chi connectivity index (χ4v) is 1.57. The molecule has 0 aliphatic carbocycles. The fourth-order valence-electron chi connectivity index (χ4n) is 1.57. The highest BCUT2D eigenvalue weighted by atomic mass is 16.1. The zero-order chi connectivity index (χ0) is 11.8. The first kappa shape index (κ1) is 7.81. The minimum absolute atomic E-state index is 0.166. The highest BCUT2D eigenvalue weighted by Gasteiger charge is 2.07. The predicted molar refractivity (Wildman–Crippen MR) is 59.5 cm³/mol. The van der Waals surface area contributed by atoms with Gasteiger partial charge >= 0.3 is 0 Å². The van der Waals surface area contributed by atoms with Gasteiger partial charge in [-0.3, -0.25) is 4.79 Å². The Morgan fingerprint density at radius 1 is 1.31 bits per heavy atom. The lowest BCUT2D eigenvalue weighted by atomic mass is 10.3. The van der Waals surface area contributed by atoms with Gasteiger partial charge in [-0.15, -0.1) is 0 Å². The van der Waals surface area contributed by atoms with Gasteiger partial charge in [0.05, 0.1) is 18.2 Å². The molecular formula is C11H8N4O. The molecule has 0 unspecified atom stereocenters. The van der Waals surface area contributed by atoms with Crippen LogP contribution in [0, 0.1) is 0 Å². The van der Waals surface area contributed by atoms with Crippen molar-refractivity contribution in [3.8, 4) is 5.69 Å². The van der Waals surface area contributed by atoms with E-state index in [1.165, 1.54) is 6.20 Å². The lowest BCUT2D eigenvalue weighted by molar-refractivity contribution is 0.894. The molecule has 5 heteroatoms. The summed E-state index contributed by atoms with van der Waals surface area (Å²) in [7, 11) is 0. The third kappa shape index (κ3) is 1.22. The highest BCUT2D eigenvalue weighted by Crippen LogP contribution is 2.11. The first-order valence-electron chi connectivity index (χ1n) is 5.26. The van der Waals surface area contributed by atoms with Crippen LogP contribution in [-0.2, 0) is 0 Å². The average molecular weight is 213 g/mol. The number of hydrogen-bond acceptors (Lipinski definition) is 3. The molecule has 5 nitrogen and oxygen atoms in total. The summed E-state index contributed by atoms with van der Waals surface area (Å²) in [5, 5.41) is 4.50. The smallest absolute Gasteiger partial charge is 0.261 e. The van der Waals surface area contributed by atoms with Crippen molar-refractivity contribution < 1.29 is 1.37 Å². The number of H-pyrrole nitrogens is 1. The molecule has 0 saturated heterocycles. The van der Waals surface area contributed by atoms with E-state index in [-0.39, 0.29) is 11.9 Å². The van der Waals surface area contributed by atoms with Gasteiger partial charge in [0.1, 0.15) is 6.76 Å². The largest absolute Gasteiger partial charge is 0.312 e. The molecule has 1 aromatic carbocycles. The third-order valence-electron chi connectivity index (χ3n) is 2.32. The van der Waals surface area contributed by atoms with Crippen molar-refractivity contribution in [2.24, 2.45) is 0 Å². The molecule has 3 rings (SSSR count). The van der Waals surface area contributed by atoms with Crippen molar-refractivity contribution in [2.75, 3.05) is 0 Å². The van der Waals surface area contributed by atoms with Gasteiger partial charge in [-0.1, -0.05) is 18.2 Å². The van der Waals surface area contributed by atoms with Crippen LogP contribution in [0.5, 0.6) is 0 Å². The predicted octanol–water partition coefficient (Wildman–Crippen LogP) is 1.11. The van der Waals surface area contributed by atoms with Gasteiger partial charge in [0.15, 0.2) is 5.65 Å². The van der Waals surface area contributed by atoms with Crippen molar-refractivity contribution in [2.45, 2.75) is 0 Å². The van der Waals surface area contributed by atoms with Crippen LogP contribution < -0.4 is 5.56 Å². The fraction of sp³-hybridized carbons (Fsp3) is 0. The second kappa shape index (κ2) is 3.30. The Labute approximate surface area is 91.8 Å². The summed E-state index contributed by atoms with van der Waals surface area (Å²) in [4.78, 5) is 17.9. The molecule has 78 valence electrons. The van der Waals surface area contributed by atoms with Crippen molar-refractivity contribution in [1.82, 2.24) is 19.7 Å². The summed E-state index contributed by atoms with van der Waals surface area (Å²) in [6, 6.07) is 9.36. The van der Waals surface area contributed by atoms with Crippen molar-refractivity contribution in [3.05, 3.63) is 53.2 Å². The second-order valence-electron chi connectivity index (χ2n) is 3.31. The van der Waals surface area contributed by atoms with E-state index >= 15 is 0 Å². The Kier molecular flexibility index (Phi) is 1.61. The molecule has 0 aliphatic heterocycles. The molecule has 1 N–H and O–H groups in total. The van der Waals surface area contributed by atoms with E-state index in [9.17, 15) is 4.79 Å². The molecule has 2 aromatic heterocycles. The maximum atomic E-state index is 11.6. The molecule has 0 bridgehead atoms. The number of aromatic amines is 1. The number of para-hydroxylation sites is 1. The molecular weight excluding hydrogens is 204 g/mol. The maximum Gasteiger partial charge on any atom is 0.261 e. The van der Waals surface area contributed by atoms with E-state index in [0.717, 1.165) is 5.69 Å². The van der Waals surface area contributed by atoms with E-state index in [4.69, 9.17) is 1.37 Å². The Hall–Kier alpha value is -2.43. The van der Waals surface area contributed by atoms with Crippen LogP contribution in [0.2, 0.25) is 0 Å². The van der Waals surface area contributed by atoms with Crippen LogP contribution in [0.25, 0.3) is 16.7 Å². The van der Waals surface area contributed by atoms with Crippen LogP contribution >= 0.6 is 0 Å².